The van der Waals surface area contributed by atoms with Gasteiger partial charge in [-0.05, 0) is 0 Å². The van der Waals surface area contributed by atoms with Gasteiger partial charge in [-0.3, -0.25) is 0 Å². The van der Waals surface area contributed by atoms with Crippen molar-refractivity contribution in [1.29, 1.82) is 0 Å². The van der Waals surface area contributed by atoms with E-state index in [4.69, 9.17) is 19.8 Å². The molecule has 0 N–H and O–H groups in total. The monoisotopic (exact) mass is 307 g/mol. The molecule has 4 nitrogen and oxygen atoms in total. The van der Waals surface area contributed by atoms with Crippen molar-refractivity contribution in [2.45, 2.75) is 0 Å². The molecule has 0 bridgehead atoms. The summed E-state index contributed by atoms with van der Waals surface area (Å²) in [6, 6.07) is 0. The van der Waals surface area contributed by atoms with Gasteiger partial charge in [-0.1, -0.05) is 0 Å². The van der Waals surface area contributed by atoms with Crippen LogP contribution in [0, 0.1) is 41.7 Å². The number of rotatable bonds is 0. The summed E-state index contributed by atoms with van der Waals surface area (Å²) in [5.74, 6) is -4.37. The molecule has 0 aliphatic heterocycles. The van der Waals surface area contributed by atoms with Crippen molar-refractivity contribution >= 4 is 11.9 Å². The summed E-state index contributed by atoms with van der Waals surface area (Å²) < 4.78 is 0. The van der Waals surface area contributed by atoms with E-state index in [-0.39, 0.29) is 58.7 Å². The van der Waals surface area contributed by atoms with Gasteiger partial charge >= 0.3 is 41.7 Å². The number of carbonyl (C=O) groups is 2. The van der Waals surface area contributed by atoms with E-state index < -0.39 is 11.9 Å². The summed E-state index contributed by atoms with van der Waals surface area (Å²) in [7, 11) is 0. The second-order valence-corrected chi connectivity index (χ2v) is 0.575. The SMILES string of the molecule is O=C([O-])C(=O)[O-].[Br-].[Ce+3]. The molecule has 0 aromatic rings. The molecule has 0 spiro atoms. The van der Waals surface area contributed by atoms with Crippen LogP contribution in [0.3, 0.4) is 0 Å². The molecule has 43 valence electrons. The van der Waals surface area contributed by atoms with Crippen LogP contribution in [0.1, 0.15) is 0 Å². The number of carboxylic acids is 2. The number of carboxylic acid groups (broad SMARTS) is 2. The van der Waals surface area contributed by atoms with E-state index in [0.717, 1.165) is 0 Å². The van der Waals surface area contributed by atoms with Crippen LogP contribution in [0.15, 0.2) is 0 Å². The summed E-state index contributed by atoms with van der Waals surface area (Å²) in [6.45, 7) is 0. The maximum atomic E-state index is 8.93. The fraction of sp³-hybridized carbons (Fsp3) is 0. The Morgan fingerprint density at radius 2 is 1.12 bits per heavy atom. The zero-order chi connectivity index (χ0) is 5.15. The first kappa shape index (κ1) is 15.9. The van der Waals surface area contributed by atoms with E-state index in [1.807, 2.05) is 0 Å². The van der Waals surface area contributed by atoms with Gasteiger partial charge < -0.3 is 36.8 Å². The molecule has 0 saturated heterocycles. The molecule has 0 atom stereocenters. The normalized spacial score (nSPS) is 5.50. The maximum absolute atomic E-state index is 8.93. The number of hydrogen-bond acceptors (Lipinski definition) is 4. The van der Waals surface area contributed by atoms with Gasteiger partial charge in [-0.2, -0.15) is 0 Å². The average molecular weight is 308 g/mol. The van der Waals surface area contributed by atoms with E-state index in [1.165, 1.54) is 0 Å². The summed E-state index contributed by atoms with van der Waals surface area (Å²) >= 11 is 0. The third kappa shape index (κ3) is 9.93. The first-order valence-corrected chi connectivity index (χ1v) is 1.07. The van der Waals surface area contributed by atoms with Crippen molar-refractivity contribution in [2.75, 3.05) is 0 Å². The summed E-state index contributed by atoms with van der Waals surface area (Å²) in [5.41, 5.74) is 0. The van der Waals surface area contributed by atoms with E-state index in [2.05, 4.69) is 0 Å². The number of aliphatic carboxylic acids is 2. The first-order valence-electron chi connectivity index (χ1n) is 1.07. The summed E-state index contributed by atoms with van der Waals surface area (Å²) in [4.78, 5) is 17.9. The Labute approximate surface area is 89.4 Å². The standard InChI is InChI=1S/C2H2O4.BrH.Ce/c3-1(4)2(5)6;;/h(H,3,4)(H,5,6);1H;/q;;+3/p-3. The largest absolute Gasteiger partial charge is 3.00 e. The molecular formula is C2BrCeO4. The fourth-order valence-electron chi connectivity index (χ4n) is 0. The number of hydrogen-bond donors (Lipinski definition) is 0. The topological polar surface area (TPSA) is 80.3 Å². The second kappa shape index (κ2) is 7.80. The Hall–Kier alpha value is 0.797. The Balaban J connectivity index is -0.000000125. The Kier molecular flexibility index (Phi) is 15.5. The predicted octanol–water partition coefficient (Wildman–Crippen LogP) is -6.51. The molecule has 0 unspecified atom stereocenters. The second-order valence-electron chi connectivity index (χ2n) is 0.575. The van der Waals surface area contributed by atoms with E-state index in [0.29, 0.717) is 0 Å². The third-order valence-electron chi connectivity index (χ3n) is 0.167. The van der Waals surface area contributed by atoms with Gasteiger partial charge in [0.1, 0.15) is 0 Å². The van der Waals surface area contributed by atoms with Gasteiger partial charge in [-0.25, -0.2) is 0 Å². The van der Waals surface area contributed by atoms with Crippen LogP contribution in [0.25, 0.3) is 0 Å². The fourth-order valence-corrected chi connectivity index (χ4v) is 0. The first-order chi connectivity index (χ1) is 2.64. The smallest absolute Gasteiger partial charge is 1.00 e. The molecule has 0 aliphatic carbocycles. The molecule has 1 radical (unpaired) electrons. The number of halogens is 1. The molecule has 8 heavy (non-hydrogen) atoms. The van der Waals surface area contributed by atoms with Crippen molar-refractivity contribution in [1.82, 2.24) is 0 Å². The quantitative estimate of drug-likeness (QED) is 0.417. The van der Waals surface area contributed by atoms with Crippen LogP contribution in [-0.4, -0.2) is 11.9 Å². The van der Waals surface area contributed by atoms with E-state index in [9.17, 15) is 0 Å². The average Bonchev–Trinajstić information content (AvgIpc) is 1.36. The van der Waals surface area contributed by atoms with Crippen molar-refractivity contribution in [3.05, 3.63) is 0 Å². The molecule has 0 saturated carbocycles. The van der Waals surface area contributed by atoms with Crippen molar-refractivity contribution in [3.8, 4) is 0 Å². The van der Waals surface area contributed by atoms with Crippen molar-refractivity contribution in [3.63, 3.8) is 0 Å². The minimum atomic E-state index is -2.19. The van der Waals surface area contributed by atoms with Crippen LogP contribution in [0.5, 0.6) is 0 Å². The third-order valence-corrected chi connectivity index (χ3v) is 0.167. The van der Waals surface area contributed by atoms with Gasteiger partial charge in [0, 0.05) is 0 Å². The van der Waals surface area contributed by atoms with E-state index in [1.54, 1.807) is 0 Å². The molecule has 0 aliphatic rings. The molecule has 0 fully saturated rings. The molecule has 0 aromatic heterocycles. The van der Waals surface area contributed by atoms with E-state index >= 15 is 0 Å². The van der Waals surface area contributed by atoms with Gasteiger partial charge in [0.15, 0.2) is 0 Å². The molecule has 0 aromatic carbocycles. The van der Waals surface area contributed by atoms with Crippen LogP contribution >= 0.6 is 0 Å². The van der Waals surface area contributed by atoms with Crippen LogP contribution in [0.2, 0.25) is 0 Å². The number of carbonyl (C=O) groups excluding carboxylic acids is 2. The van der Waals surface area contributed by atoms with Gasteiger partial charge in [0.2, 0.25) is 0 Å². The molecule has 0 rings (SSSR count). The summed E-state index contributed by atoms with van der Waals surface area (Å²) in [6.07, 6.45) is 0. The maximum Gasteiger partial charge on any atom is 3.00 e. The predicted molar refractivity (Wildman–Crippen MR) is 10.0 cm³/mol. The van der Waals surface area contributed by atoms with Crippen molar-refractivity contribution < 1.29 is 78.5 Å². The molecule has 0 heterocycles. The zero-order valence-corrected chi connectivity index (χ0v) is 8.24. The minimum Gasteiger partial charge on any atom is -1.00 e. The van der Waals surface area contributed by atoms with Gasteiger partial charge in [0.25, 0.3) is 0 Å². The zero-order valence-electron chi connectivity index (χ0n) is 3.51. The van der Waals surface area contributed by atoms with Crippen molar-refractivity contribution in [2.24, 2.45) is 0 Å². The summed E-state index contributed by atoms with van der Waals surface area (Å²) in [5, 5.41) is 17.9. The Morgan fingerprint density at radius 1 is 1.00 bits per heavy atom. The van der Waals surface area contributed by atoms with Gasteiger partial charge in [-0.15, -0.1) is 0 Å². The van der Waals surface area contributed by atoms with Crippen LogP contribution in [0.4, 0.5) is 0 Å². The van der Waals surface area contributed by atoms with Gasteiger partial charge in [0.05, 0.1) is 11.9 Å². The Morgan fingerprint density at radius 3 is 1.12 bits per heavy atom. The molecular weight excluding hydrogens is 308 g/mol. The van der Waals surface area contributed by atoms with Crippen LogP contribution < -0.4 is 27.2 Å². The van der Waals surface area contributed by atoms with Crippen LogP contribution in [-0.2, 0) is 9.59 Å². The molecule has 6 heteroatoms. The minimum absolute atomic E-state index is 0. The molecule has 0 amide bonds. The Bertz CT molecular complexity index is 80.0.